The number of alkyl halides is 1. The molecule has 3 unspecified atom stereocenters. The average molecular weight is 510 g/mol. The fraction of sp³-hybridized carbons (Fsp3) is 0.800. The Morgan fingerprint density at radius 3 is 2.55 bits per heavy atom. The molecule has 3 aliphatic rings. The van der Waals surface area contributed by atoms with E-state index in [4.69, 9.17) is 32.7 Å². The molecule has 2 heterocycles. The van der Waals surface area contributed by atoms with Crippen molar-refractivity contribution in [1.82, 2.24) is 14.8 Å². The summed E-state index contributed by atoms with van der Waals surface area (Å²) in [5.74, 6) is 0. The molecule has 1 aromatic heterocycles. The summed E-state index contributed by atoms with van der Waals surface area (Å²) in [6, 6.07) is 0. The Morgan fingerprint density at radius 2 is 1.94 bits per heavy atom. The van der Waals surface area contributed by atoms with Gasteiger partial charge in [0.05, 0.1) is 30.2 Å². The van der Waals surface area contributed by atoms with Gasteiger partial charge in [0.2, 0.25) is 0 Å². The first kappa shape index (κ1) is 25.2. The van der Waals surface area contributed by atoms with Crippen LogP contribution in [-0.4, -0.2) is 105 Å². The minimum Gasteiger partial charge on any atom is -0.394 e. The fourth-order valence-electron chi connectivity index (χ4n) is 4.54. The molecular weight excluding hydrogens is 481 g/mol. The molecule has 33 heavy (non-hydrogen) atoms. The van der Waals surface area contributed by atoms with Crippen LogP contribution in [0.2, 0.25) is 0 Å². The predicted molar refractivity (Wildman–Crippen MR) is 114 cm³/mol. The maximum atomic E-state index is 11.5. The van der Waals surface area contributed by atoms with E-state index < -0.39 is 60.0 Å². The van der Waals surface area contributed by atoms with Crippen molar-refractivity contribution in [2.75, 3.05) is 6.61 Å². The van der Waals surface area contributed by atoms with Gasteiger partial charge in [0, 0.05) is 17.9 Å². The molecule has 0 bridgehead atoms. The van der Waals surface area contributed by atoms with Gasteiger partial charge in [-0.05, 0) is 24.8 Å². The van der Waals surface area contributed by atoms with Crippen LogP contribution >= 0.6 is 23.2 Å². The van der Waals surface area contributed by atoms with Gasteiger partial charge in [-0.1, -0.05) is 11.6 Å². The maximum Gasteiger partial charge on any atom is 0.186 e. The predicted octanol–water partition coefficient (Wildman–Crippen LogP) is -0.997. The number of hydrogen-bond acceptors (Lipinski definition) is 10. The van der Waals surface area contributed by atoms with Gasteiger partial charge < -0.3 is 40.1 Å². The molecule has 1 saturated carbocycles. The number of rotatable bonds is 8. The lowest BCUT2D eigenvalue weighted by Crippen LogP contribution is -2.59. The molecule has 0 aromatic carbocycles. The molecule has 2 fully saturated rings. The summed E-state index contributed by atoms with van der Waals surface area (Å²) in [5.41, 5.74) is -0.873. The molecule has 0 amide bonds. The topological polar surface area (TPSA) is 171 Å². The normalized spacial score (nSPS) is 38.2. The first-order valence-corrected chi connectivity index (χ1v) is 11.6. The summed E-state index contributed by atoms with van der Waals surface area (Å²) in [7, 11) is 0. The van der Waals surface area contributed by atoms with E-state index in [0.29, 0.717) is 18.4 Å². The molecule has 1 aliphatic heterocycles. The van der Waals surface area contributed by atoms with Crippen LogP contribution in [0.1, 0.15) is 32.1 Å². The number of nitrogens with zero attached hydrogens (tertiary/aromatic N) is 3. The third-order valence-electron chi connectivity index (χ3n) is 6.68. The molecular formula is C20H29Cl2N3O8. The van der Waals surface area contributed by atoms with Crippen molar-refractivity contribution in [2.45, 2.75) is 92.0 Å². The van der Waals surface area contributed by atoms with Crippen LogP contribution in [0.4, 0.5) is 0 Å². The van der Waals surface area contributed by atoms with E-state index in [1.54, 1.807) is 0 Å². The van der Waals surface area contributed by atoms with Crippen LogP contribution in [0.3, 0.4) is 0 Å². The van der Waals surface area contributed by atoms with E-state index in [1.165, 1.54) is 17.3 Å². The van der Waals surface area contributed by atoms with Crippen LogP contribution in [-0.2, 0) is 16.0 Å². The third-order valence-corrected chi connectivity index (χ3v) is 7.93. The highest BCUT2D eigenvalue weighted by molar-refractivity contribution is 6.30. The highest BCUT2D eigenvalue weighted by Gasteiger charge is 2.58. The Hall–Kier alpha value is -0.860. The van der Waals surface area contributed by atoms with Gasteiger partial charge in [-0.25, -0.2) is 9.67 Å². The standard InChI is InChI=1S/C20H29Cl2N3O8/c21-14-10(5-20(31,19(22)1-2-19)7-25-9-23-8-24-25)3-11(4-12(14)27)32-18-17(30)16(29)15(28)13(6-26)33-18/h8-9,11-13,15-18,26-31H,1-7H2/t11?,12?,13-,15-,16+,17-,18-,20?/m1/s1. The van der Waals surface area contributed by atoms with E-state index in [-0.39, 0.29) is 30.8 Å². The quantitative estimate of drug-likeness (QED) is 0.239. The summed E-state index contributed by atoms with van der Waals surface area (Å²) in [6.07, 6.45) is -4.45. The third kappa shape index (κ3) is 5.08. The molecule has 1 saturated heterocycles. The van der Waals surface area contributed by atoms with Crippen molar-refractivity contribution in [3.05, 3.63) is 23.3 Å². The highest BCUT2D eigenvalue weighted by Crippen LogP contribution is 2.54. The van der Waals surface area contributed by atoms with Gasteiger partial charge in [0.15, 0.2) is 6.29 Å². The molecule has 4 rings (SSSR count). The number of aliphatic hydroxyl groups is 6. The minimum atomic E-state index is -1.58. The van der Waals surface area contributed by atoms with Gasteiger partial charge in [-0.2, -0.15) is 5.10 Å². The van der Waals surface area contributed by atoms with Crippen molar-refractivity contribution in [2.24, 2.45) is 0 Å². The summed E-state index contributed by atoms with van der Waals surface area (Å²) in [5, 5.41) is 65.9. The van der Waals surface area contributed by atoms with Gasteiger partial charge in [0.1, 0.15) is 42.7 Å². The van der Waals surface area contributed by atoms with E-state index in [9.17, 15) is 30.6 Å². The fourth-order valence-corrected chi connectivity index (χ4v) is 4.99. The lowest BCUT2D eigenvalue weighted by Gasteiger charge is -2.42. The molecule has 186 valence electrons. The second-order valence-electron chi connectivity index (χ2n) is 9.13. The molecule has 6 N–H and O–H groups in total. The summed E-state index contributed by atoms with van der Waals surface area (Å²) >= 11 is 13.1. The Bertz CT molecular complexity index is 852. The SMILES string of the molecule is OC[C@H]1O[C@@H](OC2CC(CC(O)(Cn3cncn3)C3(Cl)CC3)=C(Cl)C(O)C2)[C@H](O)[C@@H](O)[C@@H]1O. The first-order valence-electron chi connectivity index (χ1n) is 10.8. The van der Waals surface area contributed by atoms with E-state index in [1.807, 2.05) is 0 Å². The first-order chi connectivity index (χ1) is 15.6. The van der Waals surface area contributed by atoms with Crippen molar-refractivity contribution in [3.8, 4) is 0 Å². The maximum absolute atomic E-state index is 11.5. The summed E-state index contributed by atoms with van der Waals surface area (Å²) in [4.78, 5) is 3.04. The molecule has 0 spiro atoms. The zero-order chi connectivity index (χ0) is 24.0. The summed E-state index contributed by atoms with van der Waals surface area (Å²) in [6.45, 7) is -0.499. The number of aromatic nitrogens is 3. The van der Waals surface area contributed by atoms with Crippen molar-refractivity contribution in [3.63, 3.8) is 0 Å². The number of halogens is 2. The highest BCUT2D eigenvalue weighted by atomic mass is 35.5. The van der Waals surface area contributed by atoms with Crippen LogP contribution < -0.4 is 0 Å². The Balaban J connectivity index is 1.49. The van der Waals surface area contributed by atoms with Crippen LogP contribution in [0.15, 0.2) is 23.3 Å². The number of aliphatic hydroxyl groups excluding tert-OH is 5. The Morgan fingerprint density at radius 1 is 1.21 bits per heavy atom. The lowest BCUT2D eigenvalue weighted by atomic mass is 9.83. The second-order valence-corrected chi connectivity index (χ2v) is 10.3. The molecule has 2 aliphatic carbocycles. The van der Waals surface area contributed by atoms with Crippen LogP contribution in [0.5, 0.6) is 0 Å². The smallest absolute Gasteiger partial charge is 0.186 e. The van der Waals surface area contributed by atoms with E-state index in [0.717, 1.165) is 0 Å². The van der Waals surface area contributed by atoms with Gasteiger partial charge in [0.25, 0.3) is 0 Å². The molecule has 0 radical (unpaired) electrons. The Kier molecular flexibility index (Phi) is 7.38. The molecule has 1 aromatic rings. The number of ether oxygens (including phenoxy) is 2. The summed E-state index contributed by atoms with van der Waals surface area (Å²) < 4.78 is 12.7. The van der Waals surface area contributed by atoms with E-state index >= 15 is 0 Å². The van der Waals surface area contributed by atoms with Crippen molar-refractivity contribution < 1.29 is 40.1 Å². The van der Waals surface area contributed by atoms with Crippen LogP contribution in [0.25, 0.3) is 0 Å². The van der Waals surface area contributed by atoms with Crippen LogP contribution in [0, 0.1) is 0 Å². The second kappa shape index (κ2) is 9.65. The average Bonchev–Trinajstić information content (AvgIpc) is 3.34. The van der Waals surface area contributed by atoms with Gasteiger partial charge in [-0.3, -0.25) is 0 Å². The largest absolute Gasteiger partial charge is 0.394 e. The molecule has 8 atom stereocenters. The van der Waals surface area contributed by atoms with Gasteiger partial charge in [-0.15, -0.1) is 11.6 Å². The number of hydrogen-bond donors (Lipinski definition) is 6. The minimum absolute atomic E-state index is 0.0563. The van der Waals surface area contributed by atoms with Gasteiger partial charge >= 0.3 is 0 Å². The zero-order valence-electron chi connectivity index (χ0n) is 17.7. The lowest BCUT2D eigenvalue weighted by molar-refractivity contribution is -0.312. The monoisotopic (exact) mass is 509 g/mol. The molecule has 13 heteroatoms. The van der Waals surface area contributed by atoms with E-state index in [2.05, 4.69) is 10.1 Å². The zero-order valence-corrected chi connectivity index (χ0v) is 19.3. The Labute approximate surface area is 200 Å². The molecule has 11 nitrogen and oxygen atoms in total. The van der Waals surface area contributed by atoms with Crippen molar-refractivity contribution in [1.29, 1.82) is 0 Å². The van der Waals surface area contributed by atoms with Crippen molar-refractivity contribution >= 4 is 23.2 Å².